The number of fused-ring (bicyclic) bond motifs is 3. The Labute approximate surface area is 318 Å². The lowest BCUT2D eigenvalue weighted by molar-refractivity contribution is -0.154. The van der Waals surface area contributed by atoms with Crippen LogP contribution in [0.1, 0.15) is 103 Å². The highest BCUT2D eigenvalue weighted by atomic mass is 32.2. The minimum atomic E-state index is -3.87. The van der Waals surface area contributed by atoms with E-state index in [9.17, 15) is 27.6 Å². The first-order valence-electron chi connectivity index (χ1n) is 19.8. The molecule has 13 heteroatoms. The van der Waals surface area contributed by atoms with Crippen LogP contribution < -0.4 is 14.8 Å². The van der Waals surface area contributed by atoms with Crippen molar-refractivity contribution >= 4 is 44.5 Å². The van der Waals surface area contributed by atoms with Gasteiger partial charge in [-0.25, -0.2) is 13.4 Å². The summed E-state index contributed by atoms with van der Waals surface area (Å²) >= 11 is 0. The quantitative estimate of drug-likeness (QED) is 0.288. The van der Waals surface area contributed by atoms with E-state index in [0.717, 1.165) is 74.1 Å². The molecule has 54 heavy (non-hydrogen) atoms. The molecule has 2 N–H and O–H groups in total. The standard InChI is InChI=1S/C41H54N4O8S/c1-4-29-23-41(29,39(49)44-54(50,51)31-15-16-31)43-36(47)34-21-30-24-45(34)38(48)33(27-11-6-5-7-12-27)22-35(46)52-25-40(2,3)18-9-8-10-26-13-14-28-17-19-42-37(53-30)32(28)20-26/h4,13-14,17,19-20,27,29-31,33-34H,1,5-12,15-16,18,21-25H2,2-3H3,(H,43,47)(H,44,49)/t29-,30-,33+,34+,41-/m1/s1. The van der Waals surface area contributed by atoms with Crippen molar-refractivity contribution in [3.63, 3.8) is 0 Å². The number of esters is 1. The van der Waals surface area contributed by atoms with E-state index in [1.54, 1.807) is 12.3 Å². The summed E-state index contributed by atoms with van der Waals surface area (Å²) in [6.07, 6.45) is 12.0. The number of carbonyl (C=O) groups excluding carboxylic acids is 4. The van der Waals surface area contributed by atoms with Gasteiger partial charge in [-0.05, 0) is 85.8 Å². The monoisotopic (exact) mass is 762 g/mol. The predicted molar refractivity (Wildman–Crippen MR) is 203 cm³/mol. The molecule has 4 bridgehead atoms. The van der Waals surface area contributed by atoms with Gasteiger partial charge in [0.2, 0.25) is 27.7 Å². The number of carbonyl (C=O) groups is 4. The van der Waals surface area contributed by atoms with Crippen LogP contribution in [0.4, 0.5) is 0 Å². The van der Waals surface area contributed by atoms with Crippen LogP contribution >= 0.6 is 0 Å². The van der Waals surface area contributed by atoms with E-state index in [-0.39, 0.29) is 49.7 Å². The summed E-state index contributed by atoms with van der Waals surface area (Å²) in [5.41, 5.74) is -0.603. The van der Waals surface area contributed by atoms with Crippen LogP contribution in [0.2, 0.25) is 0 Å². The van der Waals surface area contributed by atoms with Crippen molar-refractivity contribution in [2.75, 3.05) is 13.2 Å². The normalized spacial score (nSPS) is 29.6. The minimum absolute atomic E-state index is 0.0546. The summed E-state index contributed by atoms with van der Waals surface area (Å²) in [5, 5.41) is 4.06. The second kappa shape index (κ2) is 15.3. The van der Waals surface area contributed by atoms with Gasteiger partial charge in [0, 0.05) is 23.9 Å². The highest BCUT2D eigenvalue weighted by molar-refractivity contribution is 7.91. The Bertz CT molecular complexity index is 1910. The van der Waals surface area contributed by atoms with Crippen LogP contribution in [0, 0.1) is 23.2 Å². The number of hydrogen-bond donors (Lipinski definition) is 2. The Morgan fingerprint density at radius 3 is 2.54 bits per heavy atom. The molecular formula is C41H54N4O8S. The van der Waals surface area contributed by atoms with Gasteiger partial charge >= 0.3 is 5.97 Å². The van der Waals surface area contributed by atoms with Crippen LogP contribution in [-0.2, 0) is 40.4 Å². The number of cyclic esters (lactones) is 1. The molecule has 7 rings (SSSR count). The smallest absolute Gasteiger partial charge is 0.306 e. The van der Waals surface area contributed by atoms with Gasteiger partial charge < -0.3 is 19.7 Å². The van der Waals surface area contributed by atoms with Gasteiger partial charge in [-0.3, -0.25) is 23.9 Å². The number of nitrogens with one attached hydrogen (secondary N) is 2. The fourth-order valence-electron chi connectivity index (χ4n) is 8.71. The summed E-state index contributed by atoms with van der Waals surface area (Å²) in [4.78, 5) is 62.5. The molecule has 0 unspecified atom stereocenters. The van der Waals surface area contributed by atoms with Crippen LogP contribution in [0.25, 0.3) is 10.8 Å². The number of benzene rings is 1. The van der Waals surface area contributed by atoms with E-state index in [4.69, 9.17) is 9.47 Å². The fraction of sp³-hybridized carbons (Fsp3) is 0.634. The van der Waals surface area contributed by atoms with Crippen molar-refractivity contribution < 1.29 is 37.1 Å². The number of pyridine rings is 1. The number of sulfonamides is 1. The van der Waals surface area contributed by atoms with Crippen molar-refractivity contribution in [3.05, 3.63) is 48.7 Å². The van der Waals surface area contributed by atoms with E-state index < -0.39 is 62.6 Å². The molecule has 1 aromatic heterocycles. The van der Waals surface area contributed by atoms with Crippen LogP contribution in [0.5, 0.6) is 5.88 Å². The summed E-state index contributed by atoms with van der Waals surface area (Å²) in [7, 11) is -3.87. The average molecular weight is 763 g/mol. The number of aromatic nitrogens is 1. The Morgan fingerprint density at radius 1 is 1.04 bits per heavy atom. The van der Waals surface area contributed by atoms with Crippen LogP contribution in [-0.4, -0.2) is 78.1 Å². The van der Waals surface area contributed by atoms with Gasteiger partial charge in [0.25, 0.3) is 5.91 Å². The van der Waals surface area contributed by atoms with Crippen molar-refractivity contribution in [1.82, 2.24) is 19.9 Å². The summed E-state index contributed by atoms with van der Waals surface area (Å²) in [5.74, 6) is -2.95. The fourth-order valence-corrected chi connectivity index (χ4v) is 10.1. The van der Waals surface area contributed by atoms with Crippen LogP contribution in [0.15, 0.2) is 43.1 Å². The van der Waals surface area contributed by atoms with Crippen LogP contribution in [0.3, 0.4) is 0 Å². The zero-order valence-corrected chi connectivity index (χ0v) is 32.3. The third-order valence-electron chi connectivity index (χ3n) is 12.3. The largest absolute Gasteiger partial charge is 0.472 e. The molecule has 1 aromatic carbocycles. The topological polar surface area (TPSA) is 161 Å². The second-order valence-corrected chi connectivity index (χ2v) is 19.0. The molecule has 3 amide bonds. The van der Waals surface area contributed by atoms with E-state index in [0.29, 0.717) is 18.7 Å². The van der Waals surface area contributed by atoms with E-state index in [2.05, 4.69) is 53.6 Å². The second-order valence-electron chi connectivity index (χ2n) is 17.1. The summed E-state index contributed by atoms with van der Waals surface area (Å²) < 4.78 is 40.2. The van der Waals surface area contributed by atoms with Crippen molar-refractivity contribution in [1.29, 1.82) is 0 Å². The lowest BCUT2D eigenvalue weighted by Crippen LogP contribution is -2.57. The number of hydrogen-bond acceptors (Lipinski definition) is 9. The number of aryl methyl sites for hydroxylation is 1. The maximum atomic E-state index is 14.9. The number of ether oxygens (including phenoxy) is 2. The molecule has 2 aliphatic heterocycles. The Hall–Kier alpha value is -4.00. The maximum absolute atomic E-state index is 14.9. The van der Waals surface area contributed by atoms with Gasteiger partial charge in [0.1, 0.15) is 17.7 Å². The van der Waals surface area contributed by atoms with Gasteiger partial charge in [-0.1, -0.05) is 57.7 Å². The average Bonchev–Trinajstić information content (AvgIpc) is 4.08. The molecule has 1 saturated heterocycles. The summed E-state index contributed by atoms with van der Waals surface area (Å²) in [6, 6.07) is 7.14. The zero-order valence-electron chi connectivity index (χ0n) is 31.5. The first kappa shape index (κ1) is 38.3. The first-order chi connectivity index (χ1) is 25.8. The third kappa shape index (κ3) is 8.30. The number of nitrogens with zero attached hydrogens (tertiary/aromatic N) is 2. The van der Waals surface area contributed by atoms with Gasteiger partial charge in [-0.15, -0.1) is 6.58 Å². The molecular weight excluding hydrogens is 709 g/mol. The molecule has 292 valence electrons. The lowest BCUT2D eigenvalue weighted by Gasteiger charge is -2.34. The predicted octanol–water partition coefficient (Wildman–Crippen LogP) is 5.13. The molecule has 3 saturated carbocycles. The molecule has 2 aromatic rings. The van der Waals surface area contributed by atoms with E-state index in [1.807, 2.05) is 6.07 Å². The van der Waals surface area contributed by atoms with Crippen molar-refractivity contribution in [2.24, 2.45) is 23.2 Å². The molecule has 0 radical (unpaired) electrons. The number of rotatable bonds is 7. The molecule has 5 atom stereocenters. The summed E-state index contributed by atoms with van der Waals surface area (Å²) in [6.45, 7) is 8.32. The molecule has 3 heterocycles. The van der Waals surface area contributed by atoms with Crippen molar-refractivity contribution in [3.8, 4) is 5.88 Å². The third-order valence-corrected chi connectivity index (χ3v) is 14.1. The molecule has 5 aliphatic rings. The molecule has 0 spiro atoms. The maximum Gasteiger partial charge on any atom is 0.306 e. The van der Waals surface area contributed by atoms with Crippen molar-refractivity contribution in [2.45, 2.75) is 127 Å². The Kier molecular flexibility index (Phi) is 10.8. The Morgan fingerprint density at radius 2 is 1.81 bits per heavy atom. The molecule has 12 nitrogen and oxygen atoms in total. The minimum Gasteiger partial charge on any atom is -0.472 e. The first-order valence-corrected chi connectivity index (χ1v) is 21.3. The van der Waals surface area contributed by atoms with Gasteiger partial charge in [-0.2, -0.15) is 0 Å². The van der Waals surface area contributed by atoms with E-state index in [1.165, 1.54) is 4.90 Å². The molecule has 3 aliphatic carbocycles. The highest BCUT2D eigenvalue weighted by Gasteiger charge is 2.62. The SMILES string of the molecule is C=C[C@@H]1C[C@]1(NC(=O)[C@@H]1C[C@@H]2CN1C(=O)[C@H](C1CCCCC1)CC(=O)OCC(C)(C)CCCCc1ccc3ccnc(c3c1)O2)C(=O)NS(=O)(=O)C1CC1. The Balaban J connectivity index is 1.21. The zero-order chi connectivity index (χ0) is 38.3. The molecule has 4 fully saturated rings. The highest BCUT2D eigenvalue weighted by Crippen LogP contribution is 2.46. The van der Waals surface area contributed by atoms with Gasteiger partial charge in [0.05, 0.1) is 30.7 Å². The van der Waals surface area contributed by atoms with E-state index >= 15 is 0 Å². The lowest BCUT2D eigenvalue weighted by atomic mass is 9.77. The van der Waals surface area contributed by atoms with Gasteiger partial charge in [0.15, 0.2) is 0 Å². The number of amides is 3.